The largest absolute Gasteiger partial charge is 0.310 e. The van der Waals surface area contributed by atoms with Crippen molar-refractivity contribution in [3.8, 4) is 22.3 Å². The lowest BCUT2D eigenvalue weighted by molar-refractivity contribution is 1.30. The third-order valence-electron chi connectivity index (χ3n) is 9.42. The third kappa shape index (κ3) is 4.81. The van der Waals surface area contributed by atoms with Crippen LogP contribution in [0.2, 0.25) is 0 Å². The Morgan fingerprint density at radius 2 is 0.851 bits per heavy atom. The van der Waals surface area contributed by atoms with E-state index in [2.05, 4.69) is 193 Å². The van der Waals surface area contributed by atoms with Gasteiger partial charge in [0.2, 0.25) is 0 Å². The number of rotatable bonds is 5. The first-order chi connectivity index (χ1) is 23.3. The fourth-order valence-electron chi connectivity index (χ4n) is 7.12. The monoisotopic (exact) mass is 597 g/mol. The van der Waals surface area contributed by atoms with Crippen molar-refractivity contribution >= 4 is 60.2 Å². The van der Waals surface area contributed by atoms with E-state index in [4.69, 9.17) is 0 Å². The highest BCUT2D eigenvalue weighted by atomic mass is 15.1. The van der Waals surface area contributed by atoms with E-state index in [0.29, 0.717) is 0 Å². The van der Waals surface area contributed by atoms with Crippen LogP contribution in [0.5, 0.6) is 0 Å². The number of hydrogen-bond donors (Lipinski definition) is 0. The number of benzene rings is 9. The predicted octanol–water partition coefficient (Wildman–Crippen LogP) is 13.1. The molecule has 0 fully saturated rings. The molecule has 220 valence electrons. The highest BCUT2D eigenvalue weighted by Gasteiger charge is 2.17. The van der Waals surface area contributed by atoms with Crippen LogP contribution in [0.3, 0.4) is 0 Å². The summed E-state index contributed by atoms with van der Waals surface area (Å²) in [6, 6.07) is 68.3. The quantitative estimate of drug-likeness (QED) is 0.178. The van der Waals surface area contributed by atoms with Gasteiger partial charge in [0.25, 0.3) is 0 Å². The van der Waals surface area contributed by atoms with E-state index in [1.54, 1.807) is 0 Å². The van der Waals surface area contributed by atoms with Crippen molar-refractivity contribution in [1.29, 1.82) is 0 Å². The normalized spacial score (nSPS) is 11.4. The minimum absolute atomic E-state index is 1.12. The van der Waals surface area contributed by atoms with Crippen LogP contribution in [0.4, 0.5) is 17.1 Å². The number of hydrogen-bond acceptors (Lipinski definition) is 1. The summed E-state index contributed by atoms with van der Waals surface area (Å²) in [5.74, 6) is 0. The highest BCUT2D eigenvalue weighted by molar-refractivity contribution is 6.08. The summed E-state index contributed by atoms with van der Waals surface area (Å²) in [4.78, 5) is 2.40. The summed E-state index contributed by atoms with van der Waals surface area (Å²) >= 11 is 0. The molecule has 0 radical (unpaired) electrons. The molecule has 47 heavy (non-hydrogen) atoms. The Hall–Kier alpha value is -6.18. The Morgan fingerprint density at radius 1 is 0.277 bits per heavy atom. The molecule has 0 aliphatic heterocycles. The molecule has 9 aromatic rings. The standard InChI is InChI=1S/C46H31N/c1-4-17-41-33(10-1)13-8-20-43(41)37-15-7-16-40(31-37)47(46-21-9-14-34-11-3-6-19-45(34)46)39-27-24-32(25-28-39)36-26-29-44-38(30-36)23-22-35-12-2-5-18-42(35)44/h1-31H. The molecule has 0 unspecified atom stereocenters. The maximum atomic E-state index is 2.40. The second-order valence-electron chi connectivity index (χ2n) is 12.2. The Bertz CT molecular complexity index is 2570. The predicted molar refractivity (Wildman–Crippen MR) is 202 cm³/mol. The van der Waals surface area contributed by atoms with Crippen LogP contribution < -0.4 is 4.90 Å². The Kier molecular flexibility index (Phi) is 6.54. The van der Waals surface area contributed by atoms with Crippen LogP contribution in [0.1, 0.15) is 0 Å². The average Bonchev–Trinajstić information content (AvgIpc) is 3.15. The third-order valence-corrected chi connectivity index (χ3v) is 9.42. The van der Waals surface area contributed by atoms with Crippen molar-refractivity contribution in [2.45, 2.75) is 0 Å². The molecule has 0 spiro atoms. The van der Waals surface area contributed by atoms with Gasteiger partial charge in [-0.3, -0.25) is 0 Å². The van der Waals surface area contributed by atoms with E-state index < -0.39 is 0 Å². The average molecular weight is 598 g/mol. The van der Waals surface area contributed by atoms with Crippen molar-refractivity contribution < 1.29 is 0 Å². The van der Waals surface area contributed by atoms with Gasteiger partial charge >= 0.3 is 0 Å². The van der Waals surface area contributed by atoms with Gasteiger partial charge in [-0.25, -0.2) is 0 Å². The van der Waals surface area contributed by atoms with Crippen molar-refractivity contribution in [2.24, 2.45) is 0 Å². The molecule has 1 heteroatoms. The topological polar surface area (TPSA) is 3.24 Å². The smallest absolute Gasteiger partial charge is 0.0540 e. The van der Waals surface area contributed by atoms with Gasteiger partial charge in [-0.1, -0.05) is 152 Å². The van der Waals surface area contributed by atoms with Crippen molar-refractivity contribution in [3.63, 3.8) is 0 Å². The minimum Gasteiger partial charge on any atom is -0.310 e. The summed E-state index contributed by atoms with van der Waals surface area (Å²) in [7, 11) is 0. The molecular weight excluding hydrogens is 567 g/mol. The number of fused-ring (bicyclic) bond motifs is 5. The maximum absolute atomic E-state index is 2.40. The summed E-state index contributed by atoms with van der Waals surface area (Å²) in [5, 5.41) is 10.1. The van der Waals surface area contributed by atoms with Gasteiger partial charge in [0.15, 0.2) is 0 Å². The molecule has 0 N–H and O–H groups in total. The Labute approximate surface area is 274 Å². The minimum atomic E-state index is 1.12. The van der Waals surface area contributed by atoms with E-state index in [1.165, 1.54) is 65.3 Å². The summed E-state index contributed by atoms with van der Waals surface area (Å²) < 4.78 is 0. The van der Waals surface area contributed by atoms with Crippen molar-refractivity contribution in [2.75, 3.05) is 4.90 Å². The second-order valence-corrected chi connectivity index (χ2v) is 12.2. The molecular formula is C46H31N. The fourth-order valence-corrected chi connectivity index (χ4v) is 7.12. The van der Waals surface area contributed by atoms with Gasteiger partial charge in [0.1, 0.15) is 0 Å². The molecule has 0 aliphatic rings. The first-order valence-corrected chi connectivity index (χ1v) is 16.2. The Morgan fingerprint density at radius 3 is 1.66 bits per heavy atom. The number of nitrogens with zero attached hydrogens (tertiary/aromatic N) is 1. The molecule has 0 aromatic heterocycles. The highest BCUT2D eigenvalue weighted by Crippen LogP contribution is 2.41. The summed E-state index contributed by atoms with van der Waals surface area (Å²) in [6.45, 7) is 0. The zero-order valence-corrected chi connectivity index (χ0v) is 25.8. The lowest BCUT2D eigenvalue weighted by atomic mass is 9.97. The SMILES string of the molecule is c1cc(-c2cccc3ccccc23)cc(N(c2ccc(-c3ccc4c(ccc5ccccc54)c3)cc2)c2cccc3ccccc23)c1. The van der Waals surface area contributed by atoms with Crippen LogP contribution in [0, 0.1) is 0 Å². The van der Waals surface area contributed by atoms with Crippen LogP contribution in [-0.2, 0) is 0 Å². The maximum Gasteiger partial charge on any atom is 0.0540 e. The number of anilines is 3. The van der Waals surface area contributed by atoms with Gasteiger partial charge in [-0.2, -0.15) is 0 Å². The fraction of sp³-hybridized carbons (Fsp3) is 0. The van der Waals surface area contributed by atoms with Crippen LogP contribution in [0.25, 0.3) is 65.3 Å². The molecule has 0 amide bonds. The Balaban J connectivity index is 1.17. The van der Waals surface area contributed by atoms with Gasteiger partial charge in [-0.05, 0) is 96.4 Å². The molecule has 0 atom stereocenters. The molecule has 9 aromatic carbocycles. The van der Waals surface area contributed by atoms with E-state index in [0.717, 1.165) is 17.1 Å². The van der Waals surface area contributed by atoms with Crippen LogP contribution >= 0.6 is 0 Å². The molecule has 0 aliphatic carbocycles. The first kappa shape index (κ1) is 27.2. The molecule has 0 bridgehead atoms. The van der Waals surface area contributed by atoms with Gasteiger partial charge < -0.3 is 4.90 Å². The van der Waals surface area contributed by atoms with Crippen molar-refractivity contribution in [3.05, 3.63) is 188 Å². The molecule has 1 nitrogen and oxygen atoms in total. The lowest BCUT2D eigenvalue weighted by Crippen LogP contribution is -2.10. The van der Waals surface area contributed by atoms with Crippen molar-refractivity contribution in [1.82, 2.24) is 0 Å². The van der Waals surface area contributed by atoms with Crippen LogP contribution in [0.15, 0.2) is 188 Å². The molecule has 9 rings (SSSR count). The molecule has 0 saturated heterocycles. The zero-order chi connectivity index (χ0) is 31.2. The van der Waals surface area contributed by atoms with Crippen LogP contribution in [-0.4, -0.2) is 0 Å². The van der Waals surface area contributed by atoms with Gasteiger partial charge in [0.05, 0.1) is 5.69 Å². The van der Waals surface area contributed by atoms with E-state index in [1.807, 2.05) is 0 Å². The van der Waals surface area contributed by atoms with E-state index in [-0.39, 0.29) is 0 Å². The summed E-state index contributed by atoms with van der Waals surface area (Å²) in [5.41, 5.74) is 8.25. The molecule has 0 heterocycles. The first-order valence-electron chi connectivity index (χ1n) is 16.2. The van der Waals surface area contributed by atoms with E-state index in [9.17, 15) is 0 Å². The lowest BCUT2D eigenvalue weighted by Gasteiger charge is -2.27. The zero-order valence-electron chi connectivity index (χ0n) is 25.8. The second kappa shape index (κ2) is 11.3. The van der Waals surface area contributed by atoms with Gasteiger partial charge in [-0.15, -0.1) is 0 Å². The summed E-state index contributed by atoms with van der Waals surface area (Å²) in [6.07, 6.45) is 0. The van der Waals surface area contributed by atoms with Gasteiger partial charge in [0, 0.05) is 16.8 Å². The molecule has 0 saturated carbocycles. The van der Waals surface area contributed by atoms with E-state index >= 15 is 0 Å².